The second-order valence-electron chi connectivity index (χ2n) is 9.00. The van der Waals surface area contributed by atoms with Crippen LogP contribution in [0.4, 0.5) is 11.5 Å². The molecule has 188 valence electrons. The highest BCUT2D eigenvalue weighted by atomic mass is 16.5. The smallest absolute Gasteiger partial charge is 0.224 e. The quantitative estimate of drug-likeness (QED) is 0.353. The molecule has 0 amide bonds. The summed E-state index contributed by atoms with van der Waals surface area (Å²) < 4.78 is 19.7. The fraction of sp³-hybridized carbons (Fsp3) is 0.269. The molecular formula is C26H26N8O3. The lowest BCUT2D eigenvalue weighted by molar-refractivity contribution is 0.202. The molecule has 0 saturated carbocycles. The third kappa shape index (κ3) is 4.56. The van der Waals surface area contributed by atoms with Crippen molar-refractivity contribution >= 4 is 28.1 Å². The number of likely N-dealkylation sites (tertiary alicyclic amines) is 1. The van der Waals surface area contributed by atoms with Gasteiger partial charge in [-0.3, -0.25) is 0 Å². The molecule has 11 nitrogen and oxygen atoms in total. The van der Waals surface area contributed by atoms with Gasteiger partial charge in [0.1, 0.15) is 36.7 Å². The minimum atomic E-state index is 0.0711. The number of likely N-dealkylation sites (N-methyl/N-ethyl adjacent to an activating group) is 1. The molecular weight excluding hydrogens is 472 g/mol. The van der Waals surface area contributed by atoms with Gasteiger partial charge < -0.3 is 24.4 Å². The van der Waals surface area contributed by atoms with Gasteiger partial charge in [-0.15, -0.1) is 0 Å². The Balaban J connectivity index is 1.30. The maximum atomic E-state index is 6.47. The van der Waals surface area contributed by atoms with Gasteiger partial charge in [0, 0.05) is 24.8 Å². The minimum Gasteiger partial charge on any atom is -0.493 e. The minimum absolute atomic E-state index is 0.0711. The Bertz CT molecular complexity index is 1590. The predicted octanol–water partition coefficient (Wildman–Crippen LogP) is 4.00. The van der Waals surface area contributed by atoms with Crippen molar-refractivity contribution in [3.05, 3.63) is 60.9 Å². The molecule has 1 saturated heterocycles. The van der Waals surface area contributed by atoms with Gasteiger partial charge in [-0.05, 0) is 56.3 Å². The van der Waals surface area contributed by atoms with E-state index < -0.39 is 0 Å². The van der Waals surface area contributed by atoms with Crippen LogP contribution in [0, 0.1) is 6.92 Å². The average Bonchev–Trinajstić information content (AvgIpc) is 3.54. The monoisotopic (exact) mass is 498 g/mol. The largest absolute Gasteiger partial charge is 0.493 e. The van der Waals surface area contributed by atoms with E-state index in [-0.39, 0.29) is 6.10 Å². The summed E-state index contributed by atoms with van der Waals surface area (Å²) in [6, 6.07) is 11.3. The summed E-state index contributed by atoms with van der Waals surface area (Å²) in [5.41, 5.74) is 3.20. The summed E-state index contributed by atoms with van der Waals surface area (Å²) in [5, 5.41) is 8.27. The number of nitrogens with one attached hydrogen (secondary N) is 1. The van der Waals surface area contributed by atoms with Crippen LogP contribution in [-0.4, -0.2) is 67.8 Å². The molecule has 1 N–H and O–H groups in total. The molecule has 1 unspecified atom stereocenters. The number of nitrogens with zero attached hydrogens (tertiary/aromatic N) is 7. The molecule has 11 heteroatoms. The number of benzene rings is 2. The van der Waals surface area contributed by atoms with E-state index in [9.17, 15) is 0 Å². The number of ether oxygens (including phenoxy) is 3. The number of fused-ring (bicyclic) bond motifs is 2. The summed E-state index contributed by atoms with van der Waals surface area (Å²) >= 11 is 0. The van der Waals surface area contributed by atoms with Gasteiger partial charge in [0.05, 0.1) is 18.0 Å². The van der Waals surface area contributed by atoms with Crippen LogP contribution in [0.25, 0.3) is 16.6 Å². The van der Waals surface area contributed by atoms with Crippen molar-refractivity contribution < 1.29 is 14.2 Å². The fourth-order valence-corrected chi connectivity index (χ4v) is 4.49. The van der Waals surface area contributed by atoms with Gasteiger partial charge in [0.15, 0.2) is 17.1 Å². The lowest BCUT2D eigenvalue weighted by Gasteiger charge is -2.19. The lowest BCUT2D eigenvalue weighted by Crippen LogP contribution is -2.21. The number of aryl methyl sites for hydroxylation is 1. The zero-order valence-corrected chi connectivity index (χ0v) is 20.8. The van der Waals surface area contributed by atoms with E-state index in [4.69, 9.17) is 14.2 Å². The predicted molar refractivity (Wildman–Crippen MR) is 138 cm³/mol. The van der Waals surface area contributed by atoms with E-state index in [1.54, 1.807) is 30.3 Å². The molecule has 3 aromatic heterocycles. The standard InChI is InChI=1S/C26H26N8O3/c1-16-10-17(4-6-20(16)37-23-11-22-28-14-31-34(22)15-30-23)32-26-24-19(27-13-29-26)5-7-21(35-3)25(24)36-18-8-9-33(2)12-18/h4-7,10-11,13-15,18H,8-9,12H2,1-3H3,(H,27,29,32). The third-order valence-electron chi connectivity index (χ3n) is 6.37. The second kappa shape index (κ2) is 9.51. The van der Waals surface area contributed by atoms with Crippen molar-refractivity contribution in [2.75, 3.05) is 32.6 Å². The van der Waals surface area contributed by atoms with Crippen LogP contribution in [0.2, 0.25) is 0 Å². The van der Waals surface area contributed by atoms with Crippen LogP contribution < -0.4 is 19.5 Å². The number of rotatable bonds is 7. The second-order valence-corrected chi connectivity index (χ2v) is 9.00. The summed E-state index contributed by atoms with van der Waals surface area (Å²) in [7, 11) is 3.74. The molecule has 5 aromatic rings. The van der Waals surface area contributed by atoms with Gasteiger partial charge in [-0.1, -0.05) is 0 Å². The highest BCUT2D eigenvalue weighted by molar-refractivity contribution is 5.97. The van der Waals surface area contributed by atoms with E-state index in [2.05, 4.69) is 42.3 Å². The summed E-state index contributed by atoms with van der Waals surface area (Å²) in [4.78, 5) is 19.7. The number of aromatic nitrogens is 6. The first-order chi connectivity index (χ1) is 18.1. The van der Waals surface area contributed by atoms with Crippen molar-refractivity contribution in [2.24, 2.45) is 0 Å². The first kappa shape index (κ1) is 22.9. The van der Waals surface area contributed by atoms with Crippen molar-refractivity contribution in [1.82, 2.24) is 34.4 Å². The Kier molecular flexibility index (Phi) is 5.89. The third-order valence-corrected chi connectivity index (χ3v) is 6.37. The Morgan fingerprint density at radius 2 is 1.89 bits per heavy atom. The highest BCUT2D eigenvalue weighted by Crippen LogP contribution is 2.40. The van der Waals surface area contributed by atoms with E-state index >= 15 is 0 Å². The Labute approximate surface area is 213 Å². The Morgan fingerprint density at radius 3 is 2.70 bits per heavy atom. The topological polar surface area (TPSA) is 112 Å². The van der Waals surface area contributed by atoms with Crippen LogP contribution in [0.3, 0.4) is 0 Å². The van der Waals surface area contributed by atoms with Gasteiger partial charge in [0.25, 0.3) is 0 Å². The van der Waals surface area contributed by atoms with E-state index in [0.717, 1.165) is 41.7 Å². The SMILES string of the molecule is COc1ccc2ncnc(Nc3ccc(Oc4cc5ncnn5cn4)c(C)c3)c2c1OC1CCN(C)C1. The van der Waals surface area contributed by atoms with Crippen molar-refractivity contribution in [2.45, 2.75) is 19.4 Å². The Morgan fingerprint density at radius 1 is 1.00 bits per heavy atom. The van der Waals surface area contributed by atoms with Crippen LogP contribution in [-0.2, 0) is 0 Å². The van der Waals surface area contributed by atoms with Gasteiger partial charge in [-0.25, -0.2) is 24.5 Å². The Hall–Kier alpha value is -4.51. The summed E-state index contributed by atoms with van der Waals surface area (Å²) in [5.74, 6) is 3.06. The molecule has 0 spiro atoms. The van der Waals surface area contributed by atoms with Crippen LogP contribution in [0.1, 0.15) is 12.0 Å². The molecule has 0 bridgehead atoms. The summed E-state index contributed by atoms with van der Waals surface area (Å²) in [6.07, 6.45) is 5.61. The highest BCUT2D eigenvalue weighted by Gasteiger charge is 2.25. The number of hydrogen-bond donors (Lipinski definition) is 1. The molecule has 0 aliphatic carbocycles. The first-order valence-corrected chi connectivity index (χ1v) is 11.9. The zero-order valence-electron chi connectivity index (χ0n) is 20.8. The molecule has 2 aromatic carbocycles. The van der Waals surface area contributed by atoms with E-state index in [1.807, 2.05) is 37.3 Å². The fourth-order valence-electron chi connectivity index (χ4n) is 4.49. The van der Waals surface area contributed by atoms with Crippen LogP contribution in [0.15, 0.2) is 55.4 Å². The molecule has 1 fully saturated rings. The molecule has 1 aliphatic heterocycles. The molecule has 37 heavy (non-hydrogen) atoms. The number of methoxy groups -OCH3 is 1. The molecule has 6 rings (SSSR count). The van der Waals surface area contributed by atoms with Crippen molar-refractivity contribution in [3.8, 4) is 23.1 Å². The molecule has 0 radical (unpaired) electrons. The van der Waals surface area contributed by atoms with Crippen LogP contribution >= 0.6 is 0 Å². The molecule has 4 heterocycles. The maximum Gasteiger partial charge on any atom is 0.224 e. The van der Waals surface area contributed by atoms with Gasteiger partial charge in [0.2, 0.25) is 5.88 Å². The van der Waals surface area contributed by atoms with Gasteiger partial charge >= 0.3 is 0 Å². The number of anilines is 2. The van der Waals surface area contributed by atoms with E-state index in [1.165, 1.54) is 6.33 Å². The molecule has 1 atom stereocenters. The van der Waals surface area contributed by atoms with Crippen molar-refractivity contribution in [1.29, 1.82) is 0 Å². The average molecular weight is 499 g/mol. The summed E-state index contributed by atoms with van der Waals surface area (Å²) in [6.45, 7) is 3.83. The zero-order chi connectivity index (χ0) is 25.4. The normalized spacial score (nSPS) is 15.8. The lowest BCUT2D eigenvalue weighted by atomic mass is 10.1. The molecule has 1 aliphatic rings. The van der Waals surface area contributed by atoms with Gasteiger partial charge in [-0.2, -0.15) is 5.10 Å². The van der Waals surface area contributed by atoms with Crippen LogP contribution in [0.5, 0.6) is 23.1 Å². The first-order valence-electron chi connectivity index (χ1n) is 11.9. The van der Waals surface area contributed by atoms with Crippen molar-refractivity contribution in [3.63, 3.8) is 0 Å². The number of hydrogen-bond acceptors (Lipinski definition) is 10. The van der Waals surface area contributed by atoms with E-state index in [0.29, 0.717) is 34.6 Å². The maximum absolute atomic E-state index is 6.47.